The standard InChI is InChI=1S/C22H26FN5O/c23-17-6-5-11-24-20(17)14-25-22(29)16-10-13-28(15-16)12-4-3-9-21-26-18-7-1-2-8-19(18)27-21/h1-2,5-8,11,16H,3-4,9-10,12-15H2,(H,25,29)(H,26,27)/t16-/m1/s1. The van der Waals surface area contributed by atoms with E-state index in [4.69, 9.17) is 0 Å². The maximum absolute atomic E-state index is 13.6. The topological polar surface area (TPSA) is 73.9 Å². The first-order valence-electron chi connectivity index (χ1n) is 10.2. The molecule has 2 N–H and O–H groups in total. The number of rotatable bonds is 8. The van der Waals surface area contributed by atoms with Crippen molar-refractivity contribution >= 4 is 16.9 Å². The number of fused-ring (bicyclic) bond motifs is 1. The van der Waals surface area contributed by atoms with Gasteiger partial charge in [-0.15, -0.1) is 0 Å². The number of pyridine rings is 1. The molecule has 29 heavy (non-hydrogen) atoms. The molecule has 1 aliphatic heterocycles. The lowest BCUT2D eigenvalue weighted by Crippen LogP contribution is -2.33. The molecule has 1 atom stereocenters. The minimum atomic E-state index is -0.384. The Balaban J connectivity index is 1.16. The first-order chi connectivity index (χ1) is 14.2. The fourth-order valence-corrected chi connectivity index (χ4v) is 3.87. The second kappa shape index (κ2) is 9.13. The van der Waals surface area contributed by atoms with Gasteiger partial charge >= 0.3 is 0 Å². The molecule has 2 aromatic heterocycles. The molecule has 1 aromatic carbocycles. The second-order valence-corrected chi connectivity index (χ2v) is 7.59. The summed E-state index contributed by atoms with van der Waals surface area (Å²) >= 11 is 0. The van der Waals surface area contributed by atoms with E-state index in [1.807, 2.05) is 24.3 Å². The third-order valence-electron chi connectivity index (χ3n) is 5.48. The van der Waals surface area contributed by atoms with Crippen LogP contribution in [0.1, 0.15) is 30.8 Å². The fourth-order valence-electron chi connectivity index (χ4n) is 3.87. The summed E-state index contributed by atoms with van der Waals surface area (Å²) in [5, 5.41) is 2.82. The number of H-pyrrole nitrogens is 1. The molecule has 4 rings (SSSR count). The van der Waals surface area contributed by atoms with Crippen LogP contribution in [-0.2, 0) is 17.8 Å². The number of carbonyl (C=O) groups excluding carboxylic acids is 1. The molecule has 1 amide bonds. The zero-order valence-corrected chi connectivity index (χ0v) is 16.4. The monoisotopic (exact) mass is 395 g/mol. The summed E-state index contributed by atoms with van der Waals surface area (Å²) < 4.78 is 13.6. The Morgan fingerprint density at radius 2 is 2.14 bits per heavy atom. The lowest BCUT2D eigenvalue weighted by Gasteiger charge is -2.15. The molecule has 0 saturated carbocycles. The summed E-state index contributed by atoms with van der Waals surface area (Å²) in [6.45, 7) is 2.82. The van der Waals surface area contributed by atoms with Crippen LogP contribution in [0.15, 0.2) is 42.6 Å². The highest BCUT2D eigenvalue weighted by Crippen LogP contribution is 2.18. The number of nitrogens with zero attached hydrogens (tertiary/aromatic N) is 3. The molecule has 1 fully saturated rings. The number of halogens is 1. The van der Waals surface area contributed by atoms with Gasteiger partial charge in [0.2, 0.25) is 5.91 Å². The fraction of sp³-hybridized carbons (Fsp3) is 0.409. The number of aromatic nitrogens is 3. The van der Waals surface area contributed by atoms with Gasteiger partial charge in [0, 0.05) is 19.2 Å². The molecule has 1 aliphatic rings. The number of carbonyl (C=O) groups is 1. The number of benzene rings is 1. The number of para-hydroxylation sites is 2. The van der Waals surface area contributed by atoms with Crippen molar-refractivity contribution in [3.05, 3.63) is 59.9 Å². The van der Waals surface area contributed by atoms with Crippen LogP contribution in [0.5, 0.6) is 0 Å². The SMILES string of the molecule is O=C(NCc1ncccc1F)[C@@H]1CCN(CCCCc2nc3ccccc3[nH]2)C1. The van der Waals surface area contributed by atoms with Gasteiger partial charge in [-0.3, -0.25) is 9.78 Å². The molecule has 3 heterocycles. The largest absolute Gasteiger partial charge is 0.350 e. The highest BCUT2D eigenvalue weighted by molar-refractivity contribution is 5.79. The predicted molar refractivity (Wildman–Crippen MR) is 110 cm³/mol. The van der Waals surface area contributed by atoms with Crippen LogP contribution >= 0.6 is 0 Å². The molecule has 0 bridgehead atoms. The minimum absolute atomic E-state index is 0.0140. The van der Waals surface area contributed by atoms with E-state index in [1.54, 1.807) is 6.07 Å². The molecule has 152 valence electrons. The van der Waals surface area contributed by atoms with Crippen molar-refractivity contribution in [3.8, 4) is 0 Å². The lowest BCUT2D eigenvalue weighted by molar-refractivity contribution is -0.124. The molecule has 6 nitrogen and oxygen atoms in total. The van der Waals surface area contributed by atoms with Crippen molar-refractivity contribution in [1.29, 1.82) is 0 Å². The van der Waals surface area contributed by atoms with Crippen molar-refractivity contribution < 1.29 is 9.18 Å². The van der Waals surface area contributed by atoms with Crippen LogP contribution in [0.2, 0.25) is 0 Å². The lowest BCUT2D eigenvalue weighted by atomic mass is 10.1. The maximum atomic E-state index is 13.6. The van der Waals surface area contributed by atoms with Crippen molar-refractivity contribution in [2.45, 2.75) is 32.2 Å². The number of likely N-dealkylation sites (tertiary alicyclic amines) is 1. The minimum Gasteiger partial charge on any atom is -0.350 e. The zero-order valence-electron chi connectivity index (χ0n) is 16.4. The van der Waals surface area contributed by atoms with Crippen LogP contribution in [0.3, 0.4) is 0 Å². The Morgan fingerprint density at radius 3 is 3.00 bits per heavy atom. The molecule has 3 aromatic rings. The van der Waals surface area contributed by atoms with Crippen LogP contribution in [0, 0.1) is 11.7 Å². The number of hydrogen-bond donors (Lipinski definition) is 2. The van der Waals surface area contributed by atoms with Gasteiger partial charge in [-0.1, -0.05) is 12.1 Å². The number of aryl methyl sites for hydroxylation is 1. The number of hydrogen-bond acceptors (Lipinski definition) is 4. The summed E-state index contributed by atoms with van der Waals surface area (Å²) in [5.74, 6) is 0.605. The average molecular weight is 395 g/mol. The van der Waals surface area contributed by atoms with Gasteiger partial charge in [0.25, 0.3) is 0 Å². The summed E-state index contributed by atoms with van der Waals surface area (Å²) in [6.07, 6.45) is 5.45. The molecule has 0 aliphatic carbocycles. The number of aromatic amines is 1. The Bertz CT molecular complexity index is 940. The maximum Gasteiger partial charge on any atom is 0.224 e. The van der Waals surface area contributed by atoms with Crippen molar-refractivity contribution in [1.82, 2.24) is 25.2 Å². The number of unbranched alkanes of at least 4 members (excludes halogenated alkanes) is 1. The Morgan fingerprint density at radius 1 is 1.24 bits per heavy atom. The summed E-state index contributed by atoms with van der Waals surface area (Å²) in [7, 11) is 0. The normalized spacial score (nSPS) is 17.1. The first kappa shape index (κ1) is 19.5. The van der Waals surface area contributed by atoms with E-state index in [0.29, 0.717) is 0 Å². The Labute approximate surface area is 169 Å². The van der Waals surface area contributed by atoms with Gasteiger partial charge < -0.3 is 15.2 Å². The van der Waals surface area contributed by atoms with Crippen molar-refractivity contribution in [2.75, 3.05) is 19.6 Å². The molecule has 7 heteroatoms. The van der Waals surface area contributed by atoms with Crippen molar-refractivity contribution in [3.63, 3.8) is 0 Å². The molecule has 0 radical (unpaired) electrons. The summed E-state index contributed by atoms with van der Waals surface area (Å²) in [5.41, 5.74) is 2.38. The second-order valence-electron chi connectivity index (χ2n) is 7.59. The van der Waals surface area contributed by atoms with Gasteiger partial charge in [-0.05, 0) is 56.6 Å². The molecule has 1 saturated heterocycles. The van der Waals surface area contributed by atoms with Crippen molar-refractivity contribution in [2.24, 2.45) is 5.92 Å². The third kappa shape index (κ3) is 4.98. The first-order valence-corrected chi connectivity index (χ1v) is 10.2. The number of imidazole rings is 1. The van der Waals surface area contributed by atoms with E-state index < -0.39 is 0 Å². The Kier molecular flexibility index (Phi) is 6.14. The smallest absolute Gasteiger partial charge is 0.224 e. The van der Waals surface area contributed by atoms with E-state index in [1.165, 1.54) is 12.3 Å². The third-order valence-corrected chi connectivity index (χ3v) is 5.48. The predicted octanol–water partition coefficient (Wildman–Crippen LogP) is 3.06. The molecule has 0 spiro atoms. The van der Waals surface area contributed by atoms with E-state index in [9.17, 15) is 9.18 Å². The van der Waals surface area contributed by atoms with Crippen LogP contribution in [0.4, 0.5) is 4.39 Å². The molecular weight excluding hydrogens is 369 g/mol. The van der Waals surface area contributed by atoms with Crippen LogP contribution in [0.25, 0.3) is 11.0 Å². The quantitative estimate of drug-likeness (QED) is 0.575. The van der Waals surface area contributed by atoms with Gasteiger partial charge in [-0.25, -0.2) is 9.37 Å². The van der Waals surface area contributed by atoms with Gasteiger partial charge in [0.1, 0.15) is 11.6 Å². The highest BCUT2D eigenvalue weighted by Gasteiger charge is 2.27. The number of amides is 1. The van der Waals surface area contributed by atoms with Gasteiger partial charge in [0.05, 0.1) is 29.2 Å². The Hall–Kier alpha value is -2.80. The van der Waals surface area contributed by atoms with E-state index >= 15 is 0 Å². The molecular formula is C22H26FN5O. The van der Waals surface area contributed by atoms with E-state index in [-0.39, 0.29) is 29.9 Å². The molecule has 0 unspecified atom stereocenters. The zero-order chi connectivity index (χ0) is 20.1. The van der Waals surface area contributed by atoms with E-state index in [2.05, 4.69) is 25.2 Å². The summed E-state index contributed by atoms with van der Waals surface area (Å²) in [6, 6.07) is 11.0. The van der Waals surface area contributed by atoms with Gasteiger partial charge in [0.15, 0.2) is 0 Å². The van der Waals surface area contributed by atoms with Crippen LogP contribution in [-0.4, -0.2) is 45.4 Å². The van der Waals surface area contributed by atoms with Crippen LogP contribution < -0.4 is 5.32 Å². The van der Waals surface area contributed by atoms with Gasteiger partial charge in [-0.2, -0.15) is 0 Å². The average Bonchev–Trinajstić information content (AvgIpc) is 3.37. The highest BCUT2D eigenvalue weighted by atomic mass is 19.1. The van der Waals surface area contributed by atoms with E-state index in [0.717, 1.165) is 62.2 Å². The summed E-state index contributed by atoms with van der Waals surface area (Å²) in [4.78, 5) is 26.7. The number of nitrogens with one attached hydrogen (secondary N) is 2.